The summed E-state index contributed by atoms with van der Waals surface area (Å²) in [5, 5.41) is 8.52. The van der Waals surface area contributed by atoms with Gasteiger partial charge < -0.3 is 14.6 Å². The Kier molecular flexibility index (Phi) is 5.62. The number of unbranched alkanes of at least 4 members (excludes halogenated alkanes) is 1. The Morgan fingerprint density at radius 2 is 1.95 bits per heavy atom. The van der Waals surface area contributed by atoms with Crippen LogP contribution in [0.2, 0.25) is 0 Å². The lowest BCUT2D eigenvalue weighted by molar-refractivity contribution is 0.0485. The number of ether oxygens (including phenoxy) is 2. The molecule has 4 nitrogen and oxygen atoms in total. The van der Waals surface area contributed by atoms with Crippen molar-refractivity contribution in [3.05, 3.63) is 29.1 Å². The highest BCUT2D eigenvalue weighted by atomic mass is 19.2. The van der Waals surface area contributed by atoms with Crippen LogP contribution in [0.15, 0.2) is 6.07 Å². The summed E-state index contributed by atoms with van der Waals surface area (Å²) < 4.78 is 49.0. The van der Waals surface area contributed by atoms with Crippen LogP contribution in [0, 0.1) is 17.5 Å². The van der Waals surface area contributed by atoms with Gasteiger partial charge in [-0.25, -0.2) is 13.6 Å². The summed E-state index contributed by atoms with van der Waals surface area (Å²) in [7, 11) is 0.956. The maximum Gasteiger partial charge on any atom is 0.341 e. The summed E-state index contributed by atoms with van der Waals surface area (Å²) in [6.45, 7) is -0.120. The molecule has 1 aromatic carbocycles. The third-order valence-corrected chi connectivity index (χ3v) is 2.33. The molecular formula is C12H13F3O4. The van der Waals surface area contributed by atoms with E-state index in [0.29, 0.717) is 18.9 Å². The molecule has 0 amide bonds. The van der Waals surface area contributed by atoms with E-state index in [0.717, 1.165) is 7.11 Å². The fraction of sp³-hybridized carbons (Fsp3) is 0.417. The van der Waals surface area contributed by atoms with Crippen LogP contribution >= 0.6 is 0 Å². The lowest BCUT2D eigenvalue weighted by Crippen LogP contribution is -2.11. The molecule has 0 bridgehead atoms. The van der Waals surface area contributed by atoms with E-state index in [1.165, 1.54) is 0 Å². The first kappa shape index (κ1) is 15.3. The summed E-state index contributed by atoms with van der Waals surface area (Å²) in [5.41, 5.74) is -0.736. The average Bonchev–Trinajstić information content (AvgIpc) is 2.39. The van der Waals surface area contributed by atoms with Gasteiger partial charge in [-0.05, 0) is 18.9 Å². The number of carbonyl (C=O) groups excluding carboxylic acids is 1. The highest BCUT2D eigenvalue weighted by Gasteiger charge is 2.24. The zero-order chi connectivity index (χ0) is 14.4. The van der Waals surface area contributed by atoms with E-state index in [-0.39, 0.29) is 13.2 Å². The zero-order valence-electron chi connectivity index (χ0n) is 10.2. The second-order valence-corrected chi connectivity index (χ2v) is 3.63. The van der Waals surface area contributed by atoms with Crippen LogP contribution in [-0.4, -0.2) is 31.4 Å². The predicted octanol–water partition coefficient (Wildman–Crippen LogP) is 2.04. The lowest BCUT2D eigenvalue weighted by atomic mass is 10.2. The van der Waals surface area contributed by atoms with Crippen molar-refractivity contribution >= 4 is 5.97 Å². The molecule has 1 rings (SSSR count). The van der Waals surface area contributed by atoms with Crippen LogP contribution in [0.4, 0.5) is 13.2 Å². The minimum Gasteiger partial charge on any atom is -0.491 e. The van der Waals surface area contributed by atoms with Crippen molar-refractivity contribution in [1.82, 2.24) is 0 Å². The lowest BCUT2D eigenvalue weighted by Gasteiger charge is -2.09. The Bertz CT molecular complexity index is 463. The van der Waals surface area contributed by atoms with Gasteiger partial charge in [-0.15, -0.1) is 0 Å². The summed E-state index contributed by atoms with van der Waals surface area (Å²) in [4.78, 5) is 11.5. The SMILES string of the molecule is COc1c(F)c(F)cc(C(=O)OCCCCO)c1F. The Morgan fingerprint density at radius 1 is 1.26 bits per heavy atom. The smallest absolute Gasteiger partial charge is 0.341 e. The average molecular weight is 278 g/mol. The first-order valence-electron chi connectivity index (χ1n) is 5.52. The monoisotopic (exact) mass is 278 g/mol. The standard InChI is InChI=1S/C12H13F3O4/c1-18-11-9(14)7(6-8(13)10(11)15)12(17)19-5-3-2-4-16/h6,16H,2-5H2,1H3. The molecule has 0 radical (unpaired) electrons. The van der Waals surface area contributed by atoms with Gasteiger partial charge in [0.05, 0.1) is 13.7 Å². The van der Waals surface area contributed by atoms with E-state index in [1.807, 2.05) is 0 Å². The zero-order valence-corrected chi connectivity index (χ0v) is 10.2. The number of hydrogen-bond acceptors (Lipinski definition) is 4. The normalized spacial score (nSPS) is 10.4. The van der Waals surface area contributed by atoms with Gasteiger partial charge in [-0.2, -0.15) is 4.39 Å². The van der Waals surface area contributed by atoms with Crippen molar-refractivity contribution in [1.29, 1.82) is 0 Å². The first-order chi connectivity index (χ1) is 9.02. The molecule has 106 valence electrons. The number of aliphatic hydroxyl groups is 1. The largest absolute Gasteiger partial charge is 0.491 e. The molecule has 1 N–H and O–H groups in total. The van der Waals surface area contributed by atoms with Gasteiger partial charge in [0.2, 0.25) is 5.82 Å². The Balaban J connectivity index is 2.88. The highest BCUT2D eigenvalue weighted by molar-refractivity contribution is 5.90. The summed E-state index contributed by atoms with van der Waals surface area (Å²) >= 11 is 0. The van der Waals surface area contributed by atoms with Crippen LogP contribution in [0.3, 0.4) is 0 Å². The molecular weight excluding hydrogens is 265 g/mol. The number of methoxy groups -OCH3 is 1. The molecule has 0 spiro atoms. The summed E-state index contributed by atoms with van der Waals surface area (Å²) in [6, 6.07) is 0.418. The van der Waals surface area contributed by atoms with Gasteiger partial charge in [0.25, 0.3) is 0 Å². The van der Waals surface area contributed by atoms with E-state index < -0.39 is 34.7 Å². The van der Waals surface area contributed by atoms with Crippen LogP contribution in [0.25, 0.3) is 0 Å². The van der Waals surface area contributed by atoms with Crippen LogP contribution in [0.1, 0.15) is 23.2 Å². The second kappa shape index (κ2) is 6.98. The van der Waals surface area contributed by atoms with Crippen molar-refractivity contribution in [2.24, 2.45) is 0 Å². The molecule has 0 aromatic heterocycles. The van der Waals surface area contributed by atoms with Gasteiger partial charge in [-0.3, -0.25) is 0 Å². The van der Waals surface area contributed by atoms with Crippen molar-refractivity contribution in [3.8, 4) is 5.75 Å². The second-order valence-electron chi connectivity index (χ2n) is 3.63. The highest BCUT2D eigenvalue weighted by Crippen LogP contribution is 2.27. The van der Waals surface area contributed by atoms with Crippen LogP contribution < -0.4 is 4.74 Å². The Hall–Kier alpha value is -1.76. The van der Waals surface area contributed by atoms with E-state index >= 15 is 0 Å². The molecule has 7 heteroatoms. The van der Waals surface area contributed by atoms with Crippen LogP contribution in [0.5, 0.6) is 5.75 Å². The molecule has 0 saturated carbocycles. The van der Waals surface area contributed by atoms with E-state index in [9.17, 15) is 18.0 Å². The molecule has 0 atom stereocenters. The predicted molar refractivity (Wildman–Crippen MR) is 59.5 cm³/mol. The fourth-order valence-corrected chi connectivity index (χ4v) is 1.36. The molecule has 0 heterocycles. The maximum absolute atomic E-state index is 13.7. The molecule has 1 aromatic rings. The summed E-state index contributed by atoms with van der Waals surface area (Å²) in [6.07, 6.45) is 0.793. The Morgan fingerprint density at radius 3 is 2.53 bits per heavy atom. The minimum atomic E-state index is -1.50. The molecule has 19 heavy (non-hydrogen) atoms. The van der Waals surface area contributed by atoms with Gasteiger partial charge in [0.1, 0.15) is 5.56 Å². The molecule has 0 saturated heterocycles. The number of rotatable bonds is 6. The number of esters is 1. The Labute approximate surface area is 107 Å². The fourth-order valence-electron chi connectivity index (χ4n) is 1.36. The van der Waals surface area contributed by atoms with Crippen molar-refractivity contribution in [3.63, 3.8) is 0 Å². The third-order valence-electron chi connectivity index (χ3n) is 2.33. The van der Waals surface area contributed by atoms with Gasteiger partial charge in [0.15, 0.2) is 17.4 Å². The van der Waals surface area contributed by atoms with Gasteiger partial charge in [-0.1, -0.05) is 0 Å². The van der Waals surface area contributed by atoms with Crippen molar-refractivity contribution in [2.75, 3.05) is 20.3 Å². The van der Waals surface area contributed by atoms with Crippen LogP contribution in [-0.2, 0) is 4.74 Å². The third kappa shape index (κ3) is 3.60. The number of hydrogen-bond donors (Lipinski definition) is 1. The molecule has 0 aliphatic rings. The molecule has 0 fully saturated rings. The number of carbonyl (C=O) groups is 1. The minimum absolute atomic E-state index is 0.0554. The maximum atomic E-state index is 13.7. The molecule has 0 aliphatic carbocycles. The first-order valence-corrected chi connectivity index (χ1v) is 5.52. The van der Waals surface area contributed by atoms with Gasteiger partial charge >= 0.3 is 5.97 Å². The van der Waals surface area contributed by atoms with E-state index in [1.54, 1.807) is 0 Å². The molecule has 0 aliphatic heterocycles. The number of aliphatic hydroxyl groups excluding tert-OH is 1. The number of halogens is 3. The van der Waals surface area contributed by atoms with Crippen molar-refractivity contribution < 1.29 is 32.5 Å². The quantitative estimate of drug-likeness (QED) is 0.491. The van der Waals surface area contributed by atoms with Gasteiger partial charge in [0, 0.05) is 6.61 Å². The number of benzene rings is 1. The van der Waals surface area contributed by atoms with E-state index in [4.69, 9.17) is 5.11 Å². The summed E-state index contributed by atoms with van der Waals surface area (Å²) in [5.74, 6) is -6.30. The molecule has 0 unspecified atom stereocenters. The van der Waals surface area contributed by atoms with E-state index in [2.05, 4.69) is 9.47 Å². The topological polar surface area (TPSA) is 55.8 Å². The van der Waals surface area contributed by atoms with Crippen molar-refractivity contribution in [2.45, 2.75) is 12.8 Å².